The van der Waals surface area contributed by atoms with Gasteiger partial charge in [0.25, 0.3) is 0 Å². The van der Waals surface area contributed by atoms with Crippen molar-refractivity contribution < 1.29 is 24.2 Å². The summed E-state index contributed by atoms with van der Waals surface area (Å²) in [4.78, 5) is 45.1. The van der Waals surface area contributed by atoms with Crippen LogP contribution < -0.4 is 5.32 Å². The van der Waals surface area contributed by atoms with Crippen LogP contribution >= 0.6 is 0 Å². The predicted octanol–water partition coefficient (Wildman–Crippen LogP) is 2.40. The van der Waals surface area contributed by atoms with E-state index in [2.05, 4.69) is 27.4 Å². The highest BCUT2D eigenvalue weighted by molar-refractivity contribution is 5.88. The van der Waals surface area contributed by atoms with Gasteiger partial charge >= 0.3 is 12.1 Å². The topological polar surface area (TPSA) is 125 Å². The van der Waals surface area contributed by atoms with E-state index in [-0.39, 0.29) is 37.9 Å². The summed E-state index contributed by atoms with van der Waals surface area (Å²) in [6, 6.07) is 15.2. The maximum absolute atomic E-state index is 13.0. The van der Waals surface area contributed by atoms with Crippen LogP contribution in [-0.2, 0) is 20.7 Å². The predicted molar refractivity (Wildman–Crippen MR) is 122 cm³/mol. The summed E-state index contributed by atoms with van der Waals surface area (Å²) in [5.41, 5.74) is 5.13. The molecule has 0 spiro atoms. The average Bonchev–Trinajstić information content (AvgIpc) is 3.42. The number of amides is 2. The fourth-order valence-electron chi connectivity index (χ4n) is 4.63. The van der Waals surface area contributed by atoms with E-state index >= 15 is 0 Å². The molecule has 0 bridgehead atoms. The van der Waals surface area contributed by atoms with Gasteiger partial charge in [-0.3, -0.25) is 9.59 Å². The normalized spacial score (nSPS) is 15.7. The van der Waals surface area contributed by atoms with Crippen LogP contribution in [0, 0.1) is 5.92 Å². The lowest BCUT2D eigenvalue weighted by molar-refractivity contribution is -0.153. The first-order chi connectivity index (χ1) is 16.5. The number of carbonyl (C=O) groups excluding carboxylic acids is 2. The number of aromatic amines is 1. The minimum atomic E-state index is -0.932. The summed E-state index contributed by atoms with van der Waals surface area (Å²) in [5.74, 6) is -1.95. The zero-order chi connectivity index (χ0) is 23.7. The first-order valence-electron chi connectivity index (χ1n) is 11.1. The van der Waals surface area contributed by atoms with Gasteiger partial charge in [0.05, 0.1) is 12.2 Å². The van der Waals surface area contributed by atoms with Crippen molar-refractivity contribution in [2.45, 2.75) is 18.4 Å². The molecule has 9 heteroatoms. The van der Waals surface area contributed by atoms with Gasteiger partial charge in [-0.05, 0) is 22.3 Å². The largest absolute Gasteiger partial charge is 0.481 e. The molecule has 2 amide bonds. The number of nitrogens with one attached hydrogen (secondary N) is 2. The molecular weight excluding hydrogens is 436 g/mol. The van der Waals surface area contributed by atoms with E-state index in [0.717, 1.165) is 22.3 Å². The van der Waals surface area contributed by atoms with Crippen LogP contribution in [0.4, 0.5) is 4.79 Å². The van der Waals surface area contributed by atoms with Crippen molar-refractivity contribution in [3.05, 3.63) is 77.9 Å². The number of aliphatic carboxylic acids is 1. The average molecular weight is 460 g/mol. The van der Waals surface area contributed by atoms with Crippen molar-refractivity contribution in [3.8, 4) is 11.1 Å². The third-order valence-electron chi connectivity index (χ3n) is 6.46. The first-order valence-corrected chi connectivity index (χ1v) is 11.1. The van der Waals surface area contributed by atoms with Gasteiger partial charge in [0, 0.05) is 37.3 Å². The van der Waals surface area contributed by atoms with Crippen LogP contribution in [-0.4, -0.2) is 63.7 Å². The number of H-pyrrole nitrogens is 1. The van der Waals surface area contributed by atoms with Crippen molar-refractivity contribution in [2.24, 2.45) is 5.92 Å². The number of hydrogen-bond acceptors (Lipinski definition) is 5. The van der Waals surface area contributed by atoms with Crippen LogP contribution in [0.3, 0.4) is 0 Å². The molecule has 1 fully saturated rings. The highest BCUT2D eigenvalue weighted by Crippen LogP contribution is 2.44. The lowest BCUT2D eigenvalue weighted by Gasteiger charge is -2.38. The molecule has 1 saturated heterocycles. The van der Waals surface area contributed by atoms with Crippen LogP contribution in [0.15, 0.2) is 61.1 Å². The minimum absolute atomic E-state index is 0.0911. The molecule has 9 nitrogen and oxygen atoms in total. The highest BCUT2D eigenvalue weighted by atomic mass is 16.5. The molecule has 1 aliphatic carbocycles. The SMILES string of the molecule is O=C(N[C@H](Cc1cnc[nH]1)C(=O)N1CC(C(=O)O)C1)OCC1c2ccccc2-c2ccccc21. The van der Waals surface area contributed by atoms with E-state index in [9.17, 15) is 14.4 Å². The van der Waals surface area contributed by atoms with Gasteiger partial charge in [-0.25, -0.2) is 9.78 Å². The number of hydrogen-bond donors (Lipinski definition) is 3. The van der Waals surface area contributed by atoms with Crippen molar-refractivity contribution in [1.29, 1.82) is 0 Å². The molecule has 2 aromatic carbocycles. The molecule has 34 heavy (non-hydrogen) atoms. The van der Waals surface area contributed by atoms with E-state index in [0.29, 0.717) is 5.69 Å². The second-order valence-corrected chi connectivity index (χ2v) is 8.58. The lowest BCUT2D eigenvalue weighted by atomic mass is 9.98. The van der Waals surface area contributed by atoms with Gasteiger partial charge in [-0.1, -0.05) is 48.5 Å². The second-order valence-electron chi connectivity index (χ2n) is 8.58. The summed E-state index contributed by atoms with van der Waals surface area (Å²) in [5, 5.41) is 11.8. The fourth-order valence-corrected chi connectivity index (χ4v) is 4.63. The Morgan fingerprint density at radius 3 is 2.32 bits per heavy atom. The van der Waals surface area contributed by atoms with Gasteiger partial charge in [-0.15, -0.1) is 0 Å². The standard InChI is InChI=1S/C25H24N4O5/c30-23(29-11-15(12-29)24(31)32)22(9-16-10-26-14-27-16)28-25(33)34-13-21-19-7-3-1-5-17(19)18-6-2-4-8-20(18)21/h1-8,10,14-15,21-22H,9,11-13H2,(H,26,27)(H,28,33)(H,31,32)/t22-/m1/s1. The number of alkyl carbamates (subject to hydrolysis) is 1. The number of nitrogens with zero attached hydrogens (tertiary/aromatic N) is 2. The molecule has 2 heterocycles. The molecule has 1 aliphatic heterocycles. The number of carbonyl (C=O) groups is 3. The van der Waals surface area contributed by atoms with Gasteiger partial charge in [0.2, 0.25) is 5.91 Å². The zero-order valence-corrected chi connectivity index (χ0v) is 18.3. The highest BCUT2D eigenvalue weighted by Gasteiger charge is 2.39. The number of imidazole rings is 1. The van der Waals surface area contributed by atoms with Crippen LogP contribution in [0.25, 0.3) is 11.1 Å². The molecule has 174 valence electrons. The summed E-state index contributed by atoms with van der Waals surface area (Å²) in [7, 11) is 0. The lowest BCUT2D eigenvalue weighted by Crippen LogP contribution is -2.59. The van der Waals surface area contributed by atoms with E-state index in [1.807, 2.05) is 36.4 Å². The monoisotopic (exact) mass is 460 g/mol. The molecule has 0 radical (unpaired) electrons. The molecule has 0 saturated carbocycles. The molecule has 3 N–H and O–H groups in total. The number of likely N-dealkylation sites (tertiary alicyclic amines) is 1. The Labute approximate surface area is 195 Å². The Hall–Kier alpha value is -4.14. The van der Waals surface area contributed by atoms with Crippen molar-refractivity contribution >= 4 is 18.0 Å². The third-order valence-corrected chi connectivity index (χ3v) is 6.46. The van der Waals surface area contributed by atoms with Gasteiger partial charge in [-0.2, -0.15) is 0 Å². The van der Waals surface area contributed by atoms with E-state index < -0.39 is 24.0 Å². The maximum atomic E-state index is 13.0. The van der Waals surface area contributed by atoms with E-state index in [1.165, 1.54) is 11.2 Å². The Morgan fingerprint density at radius 1 is 1.09 bits per heavy atom. The summed E-state index contributed by atoms with van der Waals surface area (Å²) >= 11 is 0. The van der Waals surface area contributed by atoms with Crippen LogP contribution in [0.2, 0.25) is 0 Å². The van der Waals surface area contributed by atoms with Crippen molar-refractivity contribution in [1.82, 2.24) is 20.2 Å². The fraction of sp³-hybridized carbons (Fsp3) is 0.280. The Bertz CT molecular complexity index is 1170. The van der Waals surface area contributed by atoms with Gasteiger partial charge < -0.3 is 25.0 Å². The number of carboxylic acid groups (broad SMARTS) is 1. The second kappa shape index (κ2) is 9.01. The zero-order valence-electron chi connectivity index (χ0n) is 18.3. The van der Waals surface area contributed by atoms with Crippen LogP contribution in [0.1, 0.15) is 22.7 Å². The molecule has 5 rings (SSSR count). The quantitative estimate of drug-likeness (QED) is 0.497. The molecule has 1 aromatic heterocycles. The first kappa shape index (κ1) is 21.7. The number of fused-ring (bicyclic) bond motifs is 3. The third kappa shape index (κ3) is 4.12. The number of carboxylic acids is 1. The molecular formula is C25H24N4O5. The molecule has 0 unspecified atom stereocenters. The molecule has 3 aromatic rings. The van der Waals surface area contributed by atoms with Crippen molar-refractivity contribution in [2.75, 3.05) is 19.7 Å². The number of benzene rings is 2. The van der Waals surface area contributed by atoms with E-state index in [1.54, 1.807) is 6.20 Å². The number of aromatic nitrogens is 2. The molecule has 2 aliphatic rings. The number of rotatable bonds is 7. The van der Waals surface area contributed by atoms with Gasteiger partial charge in [0.15, 0.2) is 0 Å². The molecule has 1 atom stereocenters. The maximum Gasteiger partial charge on any atom is 0.407 e. The summed E-state index contributed by atoms with van der Waals surface area (Å²) in [6.45, 7) is 0.385. The number of ether oxygens (including phenoxy) is 1. The smallest absolute Gasteiger partial charge is 0.407 e. The Kier molecular flexibility index (Phi) is 5.75. The summed E-state index contributed by atoms with van der Waals surface area (Å²) < 4.78 is 5.59. The minimum Gasteiger partial charge on any atom is -0.481 e. The van der Waals surface area contributed by atoms with Gasteiger partial charge in [0.1, 0.15) is 12.6 Å². The van der Waals surface area contributed by atoms with E-state index in [4.69, 9.17) is 9.84 Å². The van der Waals surface area contributed by atoms with Crippen molar-refractivity contribution in [3.63, 3.8) is 0 Å². The Balaban J connectivity index is 1.26. The summed E-state index contributed by atoms with van der Waals surface area (Å²) in [6.07, 6.45) is 2.57. The Morgan fingerprint density at radius 2 is 1.74 bits per heavy atom. The van der Waals surface area contributed by atoms with Crippen LogP contribution in [0.5, 0.6) is 0 Å².